The normalized spacial score (nSPS) is 10.7. The van der Waals surface area contributed by atoms with E-state index in [4.69, 9.17) is 16.3 Å². The molecule has 23 heavy (non-hydrogen) atoms. The molecule has 3 rings (SSSR count). The monoisotopic (exact) mass is 391 g/mol. The lowest BCUT2D eigenvalue weighted by Gasteiger charge is -2.09. The Morgan fingerprint density at radius 1 is 1.22 bits per heavy atom. The Morgan fingerprint density at radius 3 is 2.65 bits per heavy atom. The molecule has 0 atom stereocenters. The van der Waals surface area contributed by atoms with Gasteiger partial charge in [-0.05, 0) is 42.5 Å². The molecule has 116 valence electrons. The third-order valence-corrected chi connectivity index (χ3v) is 4.24. The van der Waals surface area contributed by atoms with E-state index in [9.17, 15) is 9.90 Å². The first-order valence-corrected chi connectivity index (χ1v) is 7.84. The molecule has 0 amide bonds. The van der Waals surface area contributed by atoms with Gasteiger partial charge in [-0.15, -0.1) is 0 Å². The van der Waals surface area contributed by atoms with Crippen LogP contribution >= 0.6 is 27.5 Å². The fourth-order valence-electron chi connectivity index (χ4n) is 2.35. The Morgan fingerprint density at radius 2 is 2.00 bits per heavy atom. The molecule has 0 unspecified atom stereocenters. The smallest absolute Gasteiger partial charge is 0.336 e. The molecule has 0 fully saturated rings. The van der Waals surface area contributed by atoms with E-state index in [0.29, 0.717) is 27.4 Å². The van der Waals surface area contributed by atoms with Crippen LogP contribution in [0.25, 0.3) is 22.2 Å². The number of aromatic nitrogens is 1. The zero-order valence-corrected chi connectivity index (χ0v) is 14.4. The molecule has 1 aromatic heterocycles. The van der Waals surface area contributed by atoms with Crippen LogP contribution < -0.4 is 4.74 Å². The molecule has 0 saturated carbocycles. The molecule has 6 heteroatoms. The standard InChI is InChI=1S/C17H11BrClNO3/c1-23-16-5-2-9(6-13(16)19)15-8-12(17(21)22)11-7-10(18)3-4-14(11)20-15/h2-8H,1H3,(H,21,22). The topological polar surface area (TPSA) is 59.4 Å². The maximum Gasteiger partial charge on any atom is 0.336 e. The van der Waals surface area contributed by atoms with E-state index < -0.39 is 5.97 Å². The van der Waals surface area contributed by atoms with Gasteiger partial charge in [0.15, 0.2) is 0 Å². The first-order valence-electron chi connectivity index (χ1n) is 6.67. The summed E-state index contributed by atoms with van der Waals surface area (Å²) >= 11 is 9.50. The van der Waals surface area contributed by atoms with Gasteiger partial charge in [-0.25, -0.2) is 9.78 Å². The number of halogens is 2. The summed E-state index contributed by atoms with van der Waals surface area (Å²) in [6.45, 7) is 0. The van der Waals surface area contributed by atoms with Crippen LogP contribution in [0.15, 0.2) is 46.9 Å². The fourth-order valence-corrected chi connectivity index (χ4v) is 2.97. The zero-order chi connectivity index (χ0) is 16.6. The van der Waals surface area contributed by atoms with Gasteiger partial charge in [-0.3, -0.25) is 0 Å². The highest BCUT2D eigenvalue weighted by Gasteiger charge is 2.14. The Kier molecular flexibility index (Phi) is 4.24. The van der Waals surface area contributed by atoms with Crippen molar-refractivity contribution in [3.05, 3.63) is 57.5 Å². The second kappa shape index (κ2) is 6.18. The van der Waals surface area contributed by atoms with Gasteiger partial charge in [-0.1, -0.05) is 27.5 Å². The third kappa shape index (κ3) is 3.02. The van der Waals surface area contributed by atoms with E-state index in [2.05, 4.69) is 20.9 Å². The minimum atomic E-state index is -1.00. The van der Waals surface area contributed by atoms with Crippen LogP contribution in [0.3, 0.4) is 0 Å². The first kappa shape index (κ1) is 15.8. The van der Waals surface area contributed by atoms with E-state index >= 15 is 0 Å². The number of hydrogen-bond donors (Lipinski definition) is 1. The van der Waals surface area contributed by atoms with Crippen LogP contribution in [0.4, 0.5) is 0 Å². The second-order valence-electron chi connectivity index (χ2n) is 4.87. The number of rotatable bonds is 3. The summed E-state index contributed by atoms with van der Waals surface area (Å²) in [4.78, 5) is 16.1. The average Bonchev–Trinajstić information content (AvgIpc) is 2.53. The Balaban J connectivity index is 2.24. The summed E-state index contributed by atoms with van der Waals surface area (Å²) in [5.74, 6) is -0.449. The Hall–Kier alpha value is -2.11. The molecule has 0 saturated heterocycles. The van der Waals surface area contributed by atoms with Crippen molar-refractivity contribution in [2.45, 2.75) is 0 Å². The van der Waals surface area contributed by atoms with Gasteiger partial charge in [0.25, 0.3) is 0 Å². The predicted octanol–water partition coefficient (Wildman–Crippen LogP) is 5.02. The molecule has 0 bridgehead atoms. The molecular formula is C17H11BrClNO3. The number of benzene rings is 2. The summed E-state index contributed by atoms with van der Waals surface area (Å²) in [6.07, 6.45) is 0. The lowest BCUT2D eigenvalue weighted by molar-refractivity contribution is 0.0699. The third-order valence-electron chi connectivity index (χ3n) is 3.45. The first-order chi connectivity index (χ1) is 11.0. The number of carboxylic acids is 1. The van der Waals surface area contributed by atoms with Gasteiger partial charge >= 0.3 is 5.97 Å². The Bertz CT molecular complexity index is 927. The molecule has 4 nitrogen and oxygen atoms in total. The maximum atomic E-state index is 11.6. The van der Waals surface area contributed by atoms with E-state index in [1.807, 2.05) is 6.07 Å². The van der Waals surface area contributed by atoms with E-state index in [1.165, 1.54) is 7.11 Å². The molecule has 1 heterocycles. The highest BCUT2D eigenvalue weighted by atomic mass is 79.9. The minimum absolute atomic E-state index is 0.193. The molecule has 0 spiro atoms. The van der Waals surface area contributed by atoms with Crippen molar-refractivity contribution < 1.29 is 14.6 Å². The largest absolute Gasteiger partial charge is 0.495 e. The number of hydrogen-bond acceptors (Lipinski definition) is 3. The molecule has 3 aromatic rings. The number of ether oxygens (including phenoxy) is 1. The molecule has 0 aliphatic heterocycles. The van der Waals surface area contributed by atoms with Gasteiger partial charge in [0.05, 0.1) is 28.9 Å². The molecule has 1 N–H and O–H groups in total. The zero-order valence-electron chi connectivity index (χ0n) is 12.0. The summed E-state index contributed by atoms with van der Waals surface area (Å²) in [5, 5.41) is 10.5. The number of methoxy groups -OCH3 is 1. The van der Waals surface area contributed by atoms with Crippen molar-refractivity contribution in [3.8, 4) is 17.0 Å². The second-order valence-corrected chi connectivity index (χ2v) is 6.19. The van der Waals surface area contributed by atoms with Crippen LogP contribution in [0.5, 0.6) is 5.75 Å². The van der Waals surface area contributed by atoms with Gasteiger partial charge in [-0.2, -0.15) is 0 Å². The van der Waals surface area contributed by atoms with Crippen molar-refractivity contribution in [1.29, 1.82) is 0 Å². The quantitative estimate of drug-likeness (QED) is 0.679. The molecule has 0 radical (unpaired) electrons. The van der Waals surface area contributed by atoms with E-state index in [-0.39, 0.29) is 5.56 Å². The average molecular weight is 393 g/mol. The van der Waals surface area contributed by atoms with Gasteiger partial charge < -0.3 is 9.84 Å². The number of aromatic carboxylic acids is 1. The van der Waals surface area contributed by atoms with Crippen LogP contribution in [0, 0.1) is 0 Å². The van der Waals surface area contributed by atoms with Gasteiger partial charge in [0.2, 0.25) is 0 Å². The van der Waals surface area contributed by atoms with Crippen LogP contribution in [0.2, 0.25) is 5.02 Å². The minimum Gasteiger partial charge on any atom is -0.495 e. The number of carbonyl (C=O) groups is 1. The lowest BCUT2D eigenvalue weighted by Crippen LogP contribution is -2.00. The predicted molar refractivity (Wildman–Crippen MR) is 93.4 cm³/mol. The summed E-state index contributed by atoms with van der Waals surface area (Å²) in [6, 6.07) is 12.1. The molecule has 0 aliphatic carbocycles. The van der Waals surface area contributed by atoms with Gasteiger partial charge in [0.1, 0.15) is 5.75 Å². The summed E-state index contributed by atoms with van der Waals surface area (Å²) in [7, 11) is 1.54. The number of fused-ring (bicyclic) bond motifs is 1. The highest BCUT2D eigenvalue weighted by molar-refractivity contribution is 9.10. The van der Waals surface area contributed by atoms with Crippen molar-refractivity contribution in [3.63, 3.8) is 0 Å². The number of nitrogens with zero attached hydrogens (tertiary/aromatic N) is 1. The van der Waals surface area contributed by atoms with Gasteiger partial charge in [0, 0.05) is 15.4 Å². The maximum absolute atomic E-state index is 11.6. The number of carboxylic acid groups (broad SMARTS) is 1. The molecule has 0 aliphatic rings. The van der Waals surface area contributed by atoms with Crippen LogP contribution in [-0.2, 0) is 0 Å². The van der Waals surface area contributed by atoms with Crippen molar-refractivity contribution in [2.75, 3.05) is 7.11 Å². The summed E-state index contributed by atoms with van der Waals surface area (Å²) in [5.41, 5.74) is 2.07. The van der Waals surface area contributed by atoms with Crippen LogP contribution in [0.1, 0.15) is 10.4 Å². The SMILES string of the molecule is COc1ccc(-c2cc(C(=O)O)c3cc(Br)ccc3n2)cc1Cl. The fraction of sp³-hybridized carbons (Fsp3) is 0.0588. The van der Waals surface area contributed by atoms with Crippen molar-refractivity contribution in [2.24, 2.45) is 0 Å². The molecular weight excluding hydrogens is 382 g/mol. The lowest BCUT2D eigenvalue weighted by atomic mass is 10.0. The summed E-state index contributed by atoms with van der Waals surface area (Å²) < 4.78 is 5.93. The van der Waals surface area contributed by atoms with Crippen molar-refractivity contribution in [1.82, 2.24) is 4.98 Å². The number of pyridine rings is 1. The Labute approximate surface area is 145 Å². The highest BCUT2D eigenvalue weighted by Crippen LogP contribution is 2.32. The van der Waals surface area contributed by atoms with E-state index in [0.717, 1.165) is 10.0 Å². The van der Waals surface area contributed by atoms with E-state index in [1.54, 1.807) is 36.4 Å². The van der Waals surface area contributed by atoms with Crippen LogP contribution in [-0.4, -0.2) is 23.2 Å². The van der Waals surface area contributed by atoms with Crippen molar-refractivity contribution >= 4 is 44.4 Å². The molecule has 2 aromatic carbocycles.